The molecule has 0 rings (SSSR count). The molecule has 0 bridgehead atoms. The van der Waals surface area contributed by atoms with E-state index in [2.05, 4.69) is 0 Å². The van der Waals surface area contributed by atoms with Gasteiger partial charge in [-0.3, -0.25) is 0 Å². The Balaban J connectivity index is -0.0000000980. The summed E-state index contributed by atoms with van der Waals surface area (Å²) in [6.07, 6.45) is -0.625. The third-order valence-electron chi connectivity index (χ3n) is 1.15. The first-order chi connectivity index (χ1) is 6.83. The monoisotopic (exact) mass is 292 g/mol. The molecule has 0 aliphatic carbocycles. The second-order valence-corrected chi connectivity index (χ2v) is 4.72. The molecule has 104 valence electrons. The van der Waals surface area contributed by atoms with E-state index >= 15 is 0 Å². The fraction of sp³-hybridized carbons (Fsp3) is 0.800. The number of hydrogen-bond donors (Lipinski definition) is 2. The number of carbonyl (C=O) groups excluding carboxylic acids is 2. The van der Waals surface area contributed by atoms with Crippen molar-refractivity contribution in [1.29, 1.82) is 0 Å². The van der Waals surface area contributed by atoms with Gasteiger partial charge in [0.25, 0.3) is 0 Å². The first kappa shape index (κ1) is 26.6. The fourth-order valence-electron chi connectivity index (χ4n) is 0.706. The predicted molar refractivity (Wildman–Crippen MR) is 61.2 cm³/mol. The molecule has 0 saturated carbocycles. The number of carboxylic acids is 2. The molecular weight excluding hydrogens is 272 g/mol. The first-order valence-electron chi connectivity index (χ1n) is 4.68. The molecule has 0 unspecified atom stereocenters. The smallest absolute Gasteiger partial charge is 0.550 e. The number of hydrogen-bond acceptors (Lipinski definition) is 6. The maximum atomic E-state index is 9.74. The largest absolute Gasteiger partial charge is 2.00 e. The van der Waals surface area contributed by atoms with E-state index < -0.39 is 23.1 Å². The molecule has 0 heterocycles. The van der Waals surface area contributed by atoms with E-state index in [0.29, 0.717) is 0 Å². The minimum Gasteiger partial charge on any atom is -0.550 e. The Labute approximate surface area is 136 Å². The van der Waals surface area contributed by atoms with Crippen LogP contribution in [0.1, 0.15) is 40.5 Å². The summed E-state index contributed by atoms with van der Waals surface area (Å²) in [6, 6.07) is 0. The van der Waals surface area contributed by atoms with Crippen LogP contribution >= 0.6 is 0 Å². The van der Waals surface area contributed by atoms with Gasteiger partial charge in [-0.2, -0.15) is 0 Å². The number of carbonyl (C=O) groups is 2. The minimum atomic E-state index is -1.22. The summed E-state index contributed by atoms with van der Waals surface area (Å²) >= 11 is 0. The van der Waals surface area contributed by atoms with Crippen molar-refractivity contribution in [2.75, 3.05) is 0 Å². The molecule has 0 aromatic heterocycles. The zero-order chi connectivity index (χ0) is 13.6. The van der Waals surface area contributed by atoms with Crippen molar-refractivity contribution in [2.24, 2.45) is 0 Å². The molecule has 0 spiro atoms. The Bertz CT molecular complexity index is 214. The van der Waals surface area contributed by atoms with Gasteiger partial charge in [-0.15, -0.1) is 0 Å². The summed E-state index contributed by atoms with van der Waals surface area (Å²) in [7, 11) is 0. The molecule has 0 amide bonds. The van der Waals surface area contributed by atoms with Crippen LogP contribution in [-0.2, 0) is 9.59 Å². The molecule has 0 aliphatic heterocycles. The Morgan fingerprint density at radius 1 is 0.889 bits per heavy atom. The fourth-order valence-corrected chi connectivity index (χ4v) is 0.706. The molecule has 0 radical (unpaired) electrons. The molecule has 0 fully saturated rings. The minimum absolute atomic E-state index is 0. The molecule has 8 heteroatoms. The van der Waals surface area contributed by atoms with E-state index in [1.807, 2.05) is 0 Å². The van der Waals surface area contributed by atoms with Crippen LogP contribution in [0.4, 0.5) is 0 Å². The van der Waals surface area contributed by atoms with Crippen molar-refractivity contribution in [3.63, 3.8) is 0 Å². The van der Waals surface area contributed by atoms with Crippen LogP contribution in [0.2, 0.25) is 0 Å². The van der Waals surface area contributed by atoms with Crippen molar-refractivity contribution in [2.45, 2.75) is 51.7 Å². The molecule has 0 atom stereocenters. The van der Waals surface area contributed by atoms with Crippen LogP contribution in [0.5, 0.6) is 0 Å². The standard InChI is InChI=1S/2C5H10O3.Ca.H2O/c2*1-5(2,8)3-4(6)7;;/h2*8H,3H2,1-2H3,(H,6,7);;1H2/q;;+2;/p-2. The summed E-state index contributed by atoms with van der Waals surface area (Å²) < 4.78 is 0. The topological polar surface area (TPSA) is 152 Å². The number of aliphatic hydroxyl groups is 2. The van der Waals surface area contributed by atoms with Crippen molar-refractivity contribution >= 4 is 49.7 Å². The Morgan fingerprint density at radius 3 is 1.06 bits per heavy atom. The van der Waals surface area contributed by atoms with E-state index in [1.54, 1.807) is 0 Å². The van der Waals surface area contributed by atoms with Crippen LogP contribution in [0, 0.1) is 0 Å². The molecule has 0 aromatic carbocycles. The van der Waals surface area contributed by atoms with Gasteiger partial charge in [0.05, 0.1) is 11.2 Å². The Morgan fingerprint density at radius 2 is 1.06 bits per heavy atom. The Hall–Kier alpha value is 0.0797. The summed E-state index contributed by atoms with van der Waals surface area (Å²) in [5.41, 5.74) is -2.28. The summed E-state index contributed by atoms with van der Waals surface area (Å²) in [6.45, 7) is 5.68. The van der Waals surface area contributed by atoms with Gasteiger partial charge in [-0.05, 0) is 27.7 Å². The zero-order valence-corrected chi connectivity index (χ0v) is 13.4. The van der Waals surface area contributed by atoms with Gasteiger partial charge < -0.3 is 35.5 Å². The maximum Gasteiger partial charge on any atom is 2.00 e. The molecule has 18 heavy (non-hydrogen) atoms. The molecule has 7 nitrogen and oxygen atoms in total. The SMILES string of the molecule is CC(C)(O)CC(=O)[O-].CC(C)(O)CC(=O)[O-].O.[Ca+2]. The van der Waals surface area contributed by atoms with Gasteiger partial charge >= 0.3 is 37.7 Å². The van der Waals surface area contributed by atoms with Gasteiger partial charge in [-0.25, -0.2) is 0 Å². The molecule has 0 aliphatic rings. The van der Waals surface area contributed by atoms with Crippen molar-refractivity contribution < 1.29 is 35.5 Å². The summed E-state index contributed by atoms with van der Waals surface area (Å²) in [4.78, 5) is 19.5. The molecule has 0 saturated heterocycles. The first-order valence-corrected chi connectivity index (χ1v) is 4.68. The second-order valence-electron chi connectivity index (χ2n) is 4.72. The number of rotatable bonds is 4. The molecular formula is C10H20CaO7. The van der Waals surface area contributed by atoms with Gasteiger partial charge in [0.1, 0.15) is 0 Å². The normalized spacial score (nSPS) is 10.1. The van der Waals surface area contributed by atoms with E-state index in [0.717, 1.165) is 0 Å². The third kappa shape index (κ3) is 36.0. The van der Waals surface area contributed by atoms with E-state index in [4.69, 9.17) is 10.2 Å². The van der Waals surface area contributed by atoms with Crippen LogP contribution in [-0.4, -0.2) is 76.6 Å². The predicted octanol–water partition coefficient (Wildman–Crippen LogP) is -3.41. The number of aliphatic carboxylic acids is 2. The molecule has 0 aromatic rings. The maximum absolute atomic E-state index is 9.74. The van der Waals surface area contributed by atoms with Crippen molar-refractivity contribution in [3.8, 4) is 0 Å². The van der Waals surface area contributed by atoms with Crippen LogP contribution in [0.3, 0.4) is 0 Å². The van der Waals surface area contributed by atoms with Crippen LogP contribution < -0.4 is 10.2 Å². The Kier molecular flexibility index (Phi) is 16.2. The summed E-state index contributed by atoms with van der Waals surface area (Å²) in [5.74, 6) is -2.45. The second kappa shape index (κ2) is 11.0. The quantitative estimate of drug-likeness (QED) is 0.515. The van der Waals surface area contributed by atoms with Gasteiger partial charge in [0, 0.05) is 24.8 Å². The van der Waals surface area contributed by atoms with E-state index in [-0.39, 0.29) is 56.1 Å². The van der Waals surface area contributed by atoms with Gasteiger partial charge in [-0.1, -0.05) is 0 Å². The van der Waals surface area contributed by atoms with Gasteiger partial charge in [0.15, 0.2) is 0 Å². The zero-order valence-electron chi connectivity index (χ0n) is 11.1. The summed E-state index contributed by atoms with van der Waals surface area (Å²) in [5, 5.41) is 37.0. The van der Waals surface area contributed by atoms with Crippen molar-refractivity contribution in [3.05, 3.63) is 0 Å². The van der Waals surface area contributed by atoms with Crippen molar-refractivity contribution in [1.82, 2.24) is 0 Å². The van der Waals surface area contributed by atoms with Crippen LogP contribution in [0.15, 0.2) is 0 Å². The van der Waals surface area contributed by atoms with Gasteiger partial charge in [0.2, 0.25) is 0 Å². The van der Waals surface area contributed by atoms with Crippen LogP contribution in [0.25, 0.3) is 0 Å². The molecule has 4 N–H and O–H groups in total. The third-order valence-corrected chi connectivity index (χ3v) is 1.15. The van der Waals surface area contributed by atoms with E-state index in [9.17, 15) is 19.8 Å². The van der Waals surface area contributed by atoms with E-state index in [1.165, 1.54) is 27.7 Å². The average molecular weight is 292 g/mol. The average Bonchev–Trinajstić information content (AvgIpc) is 1.72. The number of carboxylic acid groups (broad SMARTS) is 2.